The van der Waals surface area contributed by atoms with Crippen LogP contribution in [0.25, 0.3) is 10.9 Å². The van der Waals surface area contributed by atoms with E-state index in [1.54, 1.807) is 0 Å². The second-order valence-corrected chi connectivity index (χ2v) is 4.43. The number of benzene rings is 1. The molecule has 0 spiro atoms. The number of pyridine rings is 1. The molecule has 2 rings (SSSR count). The molecule has 15 heavy (non-hydrogen) atoms. The largest absolute Gasteiger partial charge is 0.330 e. The van der Waals surface area contributed by atoms with Gasteiger partial charge in [0.15, 0.2) is 0 Å². The molecule has 2 aromatic rings. The minimum Gasteiger partial charge on any atom is -0.330 e. The Morgan fingerprint density at radius 2 is 2.07 bits per heavy atom. The quantitative estimate of drug-likeness (QED) is 0.801. The summed E-state index contributed by atoms with van der Waals surface area (Å²) in [7, 11) is 0. The molecule has 0 saturated heterocycles. The van der Waals surface area contributed by atoms with Crippen molar-refractivity contribution in [3.8, 4) is 0 Å². The molecule has 0 atom stereocenters. The molecule has 2 nitrogen and oxygen atoms in total. The number of hydrogen-bond donors (Lipinski definition) is 1. The minimum absolute atomic E-state index is 0.744. The van der Waals surface area contributed by atoms with Gasteiger partial charge in [-0.25, -0.2) is 0 Å². The van der Waals surface area contributed by atoms with Crippen LogP contribution in [-0.2, 0) is 5.75 Å². The van der Waals surface area contributed by atoms with Crippen LogP contribution in [0.3, 0.4) is 0 Å². The molecule has 3 heteroatoms. The van der Waals surface area contributed by atoms with Crippen LogP contribution in [0.2, 0.25) is 0 Å². The van der Waals surface area contributed by atoms with Crippen LogP contribution in [0, 0.1) is 0 Å². The highest BCUT2D eigenvalue weighted by Gasteiger charge is 2.00. The molecule has 2 N–H and O–H groups in total. The zero-order valence-electron chi connectivity index (χ0n) is 8.52. The first kappa shape index (κ1) is 10.5. The lowest BCUT2D eigenvalue weighted by Gasteiger charge is -2.04. The smallest absolute Gasteiger partial charge is 0.0705 e. The molecular formula is C12H14N2S. The summed E-state index contributed by atoms with van der Waals surface area (Å²) < 4.78 is 0. The molecule has 0 unspecified atom stereocenters. The van der Waals surface area contributed by atoms with Gasteiger partial charge in [-0.05, 0) is 17.7 Å². The number of aromatic nitrogens is 1. The third kappa shape index (κ3) is 2.49. The monoisotopic (exact) mass is 218 g/mol. The Kier molecular flexibility index (Phi) is 3.59. The van der Waals surface area contributed by atoms with E-state index in [2.05, 4.69) is 23.2 Å². The summed E-state index contributed by atoms with van der Waals surface area (Å²) in [6.07, 6.45) is 1.88. The Morgan fingerprint density at radius 1 is 1.20 bits per heavy atom. The molecule has 1 heterocycles. The average molecular weight is 218 g/mol. The molecule has 0 aliphatic carbocycles. The highest BCUT2D eigenvalue weighted by atomic mass is 32.2. The first-order chi connectivity index (χ1) is 7.42. The van der Waals surface area contributed by atoms with Gasteiger partial charge in [0, 0.05) is 29.6 Å². The molecule has 78 valence electrons. The Hall–Kier alpha value is -1.06. The lowest BCUT2D eigenvalue weighted by Crippen LogP contribution is -2.01. The van der Waals surface area contributed by atoms with Crippen molar-refractivity contribution in [3.05, 3.63) is 42.1 Å². The summed E-state index contributed by atoms with van der Waals surface area (Å²) in [5, 5.41) is 1.25. The van der Waals surface area contributed by atoms with Crippen LogP contribution in [0.1, 0.15) is 5.56 Å². The average Bonchev–Trinajstić information content (AvgIpc) is 2.30. The van der Waals surface area contributed by atoms with E-state index in [0.717, 1.165) is 23.6 Å². The second-order valence-electron chi connectivity index (χ2n) is 3.33. The van der Waals surface area contributed by atoms with Gasteiger partial charge in [-0.15, -0.1) is 0 Å². The van der Waals surface area contributed by atoms with Crippen LogP contribution in [0.4, 0.5) is 0 Å². The standard InChI is InChI=1S/C12H14N2S/c13-6-8-15-9-10-5-7-14-12-4-2-1-3-11(10)12/h1-5,7H,6,8-9,13H2. The van der Waals surface area contributed by atoms with E-state index in [1.165, 1.54) is 10.9 Å². The zero-order chi connectivity index (χ0) is 10.5. The Morgan fingerprint density at radius 3 is 2.93 bits per heavy atom. The topological polar surface area (TPSA) is 38.9 Å². The summed E-state index contributed by atoms with van der Waals surface area (Å²) in [5.74, 6) is 2.02. The zero-order valence-corrected chi connectivity index (χ0v) is 9.33. The number of hydrogen-bond acceptors (Lipinski definition) is 3. The van der Waals surface area contributed by atoms with Gasteiger partial charge in [0.05, 0.1) is 5.52 Å². The summed E-state index contributed by atoms with van der Waals surface area (Å²) in [6.45, 7) is 0.744. The minimum atomic E-state index is 0.744. The van der Waals surface area contributed by atoms with Crippen molar-refractivity contribution in [1.82, 2.24) is 4.98 Å². The lowest BCUT2D eigenvalue weighted by molar-refractivity contribution is 1.15. The van der Waals surface area contributed by atoms with E-state index < -0.39 is 0 Å². The number of para-hydroxylation sites is 1. The molecular weight excluding hydrogens is 204 g/mol. The highest BCUT2D eigenvalue weighted by Crippen LogP contribution is 2.20. The van der Waals surface area contributed by atoms with Crippen LogP contribution in [-0.4, -0.2) is 17.3 Å². The van der Waals surface area contributed by atoms with Crippen molar-refractivity contribution in [3.63, 3.8) is 0 Å². The van der Waals surface area contributed by atoms with E-state index in [9.17, 15) is 0 Å². The van der Waals surface area contributed by atoms with E-state index in [0.29, 0.717) is 0 Å². The SMILES string of the molecule is NCCSCc1ccnc2ccccc12. The van der Waals surface area contributed by atoms with Crippen molar-refractivity contribution in [2.45, 2.75) is 5.75 Å². The van der Waals surface area contributed by atoms with Gasteiger partial charge in [0.25, 0.3) is 0 Å². The third-order valence-electron chi connectivity index (χ3n) is 2.26. The fourth-order valence-electron chi connectivity index (χ4n) is 1.55. The summed E-state index contributed by atoms with van der Waals surface area (Å²) in [6, 6.07) is 10.3. The van der Waals surface area contributed by atoms with Gasteiger partial charge in [0.2, 0.25) is 0 Å². The third-order valence-corrected chi connectivity index (χ3v) is 3.30. The van der Waals surface area contributed by atoms with Gasteiger partial charge in [-0.2, -0.15) is 11.8 Å². The highest BCUT2D eigenvalue weighted by molar-refractivity contribution is 7.98. The maximum absolute atomic E-state index is 5.47. The predicted molar refractivity (Wildman–Crippen MR) is 67.0 cm³/mol. The first-order valence-corrected chi connectivity index (χ1v) is 6.18. The van der Waals surface area contributed by atoms with E-state index >= 15 is 0 Å². The summed E-state index contributed by atoms with van der Waals surface area (Å²) >= 11 is 1.87. The van der Waals surface area contributed by atoms with Crippen molar-refractivity contribution in [2.75, 3.05) is 12.3 Å². The molecule has 0 saturated carbocycles. The molecule has 0 bridgehead atoms. The van der Waals surface area contributed by atoms with Crippen molar-refractivity contribution >= 4 is 22.7 Å². The van der Waals surface area contributed by atoms with Gasteiger partial charge in [-0.3, -0.25) is 4.98 Å². The molecule has 1 aromatic carbocycles. The molecule has 0 amide bonds. The fraction of sp³-hybridized carbons (Fsp3) is 0.250. The van der Waals surface area contributed by atoms with Crippen molar-refractivity contribution in [1.29, 1.82) is 0 Å². The normalized spacial score (nSPS) is 10.7. The summed E-state index contributed by atoms with van der Waals surface area (Å²) in [5.41, 5.74) is 7.89. The van der Waals surface area contributed by atoms with E-state index in [4.69, 9.17) is 5.73 Å². The number of nitrogens with two attached hydrogens (primary N) is 1. The van der Waals surface area contributed by atoms with Crippen LogP contribution < -0.4 is 5.73 Å². The second kappa shape index (κ2) is 5.14. The van der Waals surface area contributed by atoms with Crippen LogP contribution in [0.5, 0.6) is 0 Å². The van der Waals surface area contributed by atoms with Gasteiger partial charge in [0.1, 0.15) is 0 Å². The van der Waals surface area contributed by atoms with Gasteiger partial charge < -0.3 is 5.73 Å². The molecule has 0 radical (unpaired) electrons. The molecule has 0 fully saturated rings. The van der Waals surface area contributed by atoms with Crippen LogP contribution >= 0.6 is 11.8 Å². The maximum atomic E-state index is 5.47. The summed E-state index contributed by atoms with van der Waals surface area (Å²) in [4.78, 5) is 4.34. The number of nitrogens with zero attached hydrogens (tertiary/aromatic N) is 1. The Balaban J connectivity index is 2.26. The molecule has 0 aliphatic heterocycles. The van der Waals surface area contributed by atoms with Crippen molar-refractivity contribution < 1.29 is 0 Å². The first-order valence-electron chi connectivity index (χ1n) is 5.02. The Labute approximate surface area is 93.9 Å². The number of rotatable bonds is 4. The molecule has 1 aromatic heterocycles. The van der Waals surface area contributed by atoms with E-state index in [-0.39, 0.29) is 0 Å². The van der Waals surface area contributed by atoms with Gasteiger partial charge in [-0.1, -0.05) is 18.2 Å². The van der Waals surface area contributed by atoms with Crippen LogP contribution in [0.15, 0.2) is 36.5 Å². The fourth-order valence-corrected chi connectivity index (χ4v) is 2.33. The van der Waals surface area contributed by atoms with E-state index in [1.807, 2.05) is 30.1 Å². The number of fused-ring (bicyclic) bond motifs is 1. The maximum Gasteiger partial charge on any atom is 0.0705 e. The Bertz CT molecular complexity index is 437. The number of thioether (sulfide) groups is 1. The van der Waals surface area contributed by atoms with Gasteiger partial charge >= 0.3 is 0 Å². The lowest BCUT2D eigenvalue weighted by atomic mass is 10.1. The van der Waals surface area contributed by atoms with Crippen molar-refractivity contribution in [2.24, 2.45) is 5.73 Å². The molecule has 0 aliphatic rings. The predicted octanol–water partition coefficient (Wildman–Crippen LogP) is 2.43.